The molecule has 0 bridgehead atoms. The summed E-state index contributed by atoms with van der Waals surface area (Å²) in [6, 6.07) is 0.439. The molecule has 1 fully saturated rings. The van der Waals surface area contributed by atoms with Crippen molar-refractivity contribution in [3.63, 3.8) is 0 Å². The summed E-state index contributed by atoms with van der Waals surface area (Å²) in [4.78, 5) is 0. The Balaban J connectivity index is 2.44. The van der Waals surface area contributed by atoms with Crippen molar-refractivity contribution in [2.45, 2.75) is 52.0 Å². The number of nitrogens with two attached hydrogens (primary N) is 1. The Labute approximate surface area is 76.0 Å². The van der Waals surface area contributed by atoms with Crippen LogP contribution in [0.1, 0.15) is 46.0 Å². The molecule has 0 aromatic rings. The molecular weight excluding hydrogens is 146 g/mol. The van der Waals surface area contributed by atoms with Crippen LogP contribution in [0.2, 0.25) is 0 Å². The fourth-order valence-corrected chi connectivity index (χ4v) is 1.80. The van der Waals surface area contributed by atoms with Crippen LogP contribution >= 0.6 is 0 Å². The van der Waals surface area contributed by atoms with Crippen molar-refractivity contribution in [2.24, 2.45) is 11.7 Å². The van der Waals surface area contributed by atoms with E-state index in [1.54, 1.807) is 5.57 Å². The van der Waals surface area contributed by atoms with E-state index >= 15 is 0 Å². The zero-order chi connectivity index (χ0) is 8.97. The van der Waals surface area contributed by atoms with E-state index in [2.05, 4.69) is 19.9 Å². The maximum atomic E-state index is 5.90. The third-order valence-electron chi connectivity index (χ3n) is 2.76. The summed E-state index contributed by atoms with van der Waals surface area (Å²) in [6.45, 7) is 4.53. The number of hydrogen-bond donors (Lipinski definition) is 1. The first-order valence-electron chi connectivity index (χ1n) is 5.17. The SMILES string of the molecule is CCC(C)/C=C1/CCCC(N)C1. The third-order valence-corrected chi connectivity index (χ3v) is 2.76. The van der Waals surface area contributed by atoms with Crippen LogP contribution in [-0.4, -0.2) is 6.04 Å². The van der Waals surface area contributed by atoms with Gasteiger partial charge in [0, 0.05) is 6.04 Å². The quantitative estimate of drug-likeness (QED) is 0.629. The third kappa shape index (κ3) is 2.98. The topological polar surface area (TPSA) is 26.0 Å². The predicted molar refractivity (Wildman–Crippen MR) is 54.0 cm³/mol. The molecule has 70 valence electrons. The molecule has 0 saturated heterocycles. The van der Waals surface area contributed by atoms with Crippen LogP contribution in [0.15, 0.2) is 11.6 Å². The molecule has 0 heterocycles. The number of rotatable bonds is 2. The van der Waals surface area contributed by atoms with Gasteiger partial charge in [-0.15, -0.1) is 0 Å². The van der Waals surface area contributed by atoms with Gasteiger partial charge in [-0.25, -0.2) is 0 Å². The molecule has 0 aromatic carbocycles. The molecular formula is C11H21N. The van der Waals surface area contributed by atoms with Crippen LogP contribution in [0.4, 0.5) is 0 Å². The second-order valence-electron chi connectivity index (χ2n) is 4.07. The summed E-state index contributed by atoms with van der Waals surface area (Å²) in [6.07, 6.45) is 8.63. The van der Waals surface area contributed by atoms with E-state index in [4.69, 9.17) is 5.73 Å². The Bertz CT molecular complexity index is 160. The van der Waals surface area contributed by atoms with Gasteiger partial charge in [0.15, 0.2) is 0 Å². The molecule has 2 N–H and O–H groups in total. The molecule has 0 radical (unpaired) electrons. The van der Waals surface area contributed by atoms with Crippen molar-refractivity contribution in [1.82, 2.24) is 0 Å². The van der Waals surface area contributed by atoms with Gasteiger partial charge in [0.1, 0.15) is 0 Å². The summed E-state index contributed by atoms with van der Waals surface area (Å²) in [7, 11) is 0. The molecule has 1 heteroatoms. The Morgan fingerprint density at radius 3 is 3.00 bits per heavy atom. The smallest absolute Gasteiger partial charge is 0.00761 e. The molecule has 12 heavy (non-hydrogen) atoms. The van der Waals surface area contributed by atoms with Crippen LogP contribution in [0, 0.1) is 5.92 Å². The summed E-state index contributed by atoms with van der Waals surface area (Å²) in [5.41, 5.74) is 7.50. The second kappa shape index (κ2) is 4.66. The van der Waals surface area contributed by atoms with Gasteiger partial charge >= 0.3 is 0 Å². The maximum absolute atomic E-state index is 5.90. The molecule has 2 unspecified atom stereocenters. The van der Waals surface area contributed by atoms with Gasteiger partial charge in [-0.1, -0.05) is 31.9 Å². The van der Waals surface area contributed by atoms with Gasteiger partial charge in [-0.2, -0.15) is 0 Å². The molecule has 0 spiro atoms. The Morgan fingerprint density at radius 1 is 1.67 bits per heavy atom. The second-order valence-corrected chi connectivity index (χ2v) is 4.07. The van der Waals surface area contributed by atoms with E-state index in [1.807, 2.05) is 0 Å². The lowest BCUT2D eigenvalue weighted by Gasteiger charge is -2.21. The largest absolute Gasteiger partial charge is 0.327 e. The molecule has 0 amide bonds. The van der Waals surface area contributed by atoms with Gasteiger partial charge in [0.2, 0.25) is 0 Å². The molecule has 1 rings (SSSR count). The van der Waals surface area contributed by atoms with Gasteiger partial charge in [-0.05, 0) is 31.6 Å². The first-order valence-corrected chi connectivity index (χ1v) is 5.17. The van der Waals surface area contributed by atoms with E-state index in [-0.39, 0.29) is 0 Å². The zero-order valence-corrected chi connectivity index (χ0v) is 8.34. The lowest BCUT2D eigenvalue weighted by Crippen LogP contribution is -2.23. The van der Waals surface area contributed by atoms with Crippen molar-refractivity contribution in [1.29, 1.82) is 0 Å². The standard InChI is InChI=1S/C11H21N/c1-3-9(2)7-10-5-4-6-11(12)8-10/h7,9,11H,3-6,8,12H2,1-2H3/b10-7-. The molecule has 2 atom stereocenters. The van der Waals surface area contributed by atoms with Gasteiger partial charge in [0.05, 0.1) is 0 Å². The van der Waals surface area contributed by atoms with E-state index in [0.29, 0.717) is 6.04 Å². The molecule has 1 nitrogen and oxygen atoms in total. The summed E-state index contributed by atoms with van der Waals surface area (Å²) in [5.74, 6) is 0.741. The van der Waals surface area contributed by atoms with Crippen LogP contribution in [0.5, 0.6) is 0 Å². The predicted octanol–water partition coefficient (Wildman–Crippen LogP) is 2.86. The minimum atomic E-state index is 0.439. The fourth-order valence-electron chi connectivity index (χ4n) is 1.80. The average Bonchev–Trinajstić information content (AvgIpc) is 2.04. The van der Waals surface area contributed by atoms with Crippen molar-refractivity contribution in [3.05, 3.63) is 11.6 Å². The average molecular weight is 167 g/mol. The van der Waals surface area contributed by atoms with Gasteiger partial charge in [0.25, 0.3) is 0 Å². The monoisotopic (exact) mass is 167 g/mol. The highest BCUT2D eigenvalue weighted by Crippen LogP contribution is 2.24. The number of hydrogen-bond acceptors (Lipinski definition) is 1. The molecule has 1 aliphatic carbocycles. The van der Waals surface area contributed by atoms with Crippen molar-refractivity contribution >= 4 is 0 Å². The van der Waals surface area contributed by atoms with Gasteiger partial charge < -0.3 is 5.73 Å². The lowest BCUT2D eigenvalue weighted by molar-refractivity contribution is 0.510. The van der Waals surface area contributed by atoms with Crippen LogP contribution in [0.3, 0.4) is 0 Å². The highest BCUT2D eigenvalue weighted by molar-refractivity contribution is 5.08. The first-order chi connectivity index (χ1) is 5.72. The summed E-state index contributed by atoms with van der Waals surface area (Å²) >= 11 is 0. The molecule has 0 aromatic heterocycles. The van der Waals surface area contributed by atoms with Crippen LogP contribution < -0.4 is 5.73 Å². The van der Waals surface area contributed by atoms with Crippen LogP contribution in [-0.2, 0) is 0 Å². The highest BCUT2D eigenvalue weighted by Gasteiger charge is 2.12. The van der Waals surface area contributed by atoms with E-state index < -0.39 is 0 Å². The van der Waals surface area contributed by atoms with E-state index in [0.717, 1.165) is 12.3 Å². The molecule has 1 saturated carbocycles. The van der Waals surface area contributed by atoms with Crippen molar-refractivity contribution < 1.29 is 0 Å². The maximum Gasteiger partial charge on any atom is 0.00761 e. The summed E-state index contributed by atoms with van der Waals surface area (Å²) in [5, 5.41) is 0. The summed E-state index contributed by atoms with van der Waals surface area (Å²) < 4.78 is 0. The number of allylic oxidation sites excluding steroid dienone is 1. The van der Waals surface area contributed by atoms with E-state index in [1.165, 1.54) is 25.7 Å². The minimum Gasteiger partial charge on any atom is -0.327 e. The normalized spacial score (nSPS) is 30.6. The first kappa shape index (κ1) is 9.79. The Hall–Kier alpha value is -0.300. The van der Waals surface area contributed by atoms with E-state index in [9.17, 15) is 0 Å². The van der Waals surface area contributed by atoms with Crippen molar-refractivity contribution in [2.75, 3.05) is 0 Å². The van der Waals surface area contributed by atoms with Crippen LogP contribution in [0.25, 0.3) is 0 Å². The Kier molecular flexibility index (Phi) is 3.80. The van der Waals surface area contributed by atoms with Crippen molar-refractivity contribution in [3.8, 4) is 0 Å². The lowest BCUT2D eigenvalue weighted by atomic mass is 9.89. The minimum absolute atomic E-state index is 0.439. The fraction of sp³-hybridized carbons (Fsp3) is 0.818. The zero-order valence-electron chi connectivity index (χ0n) is 8.34. The van der Waals surface area contributed by atoms with Gasteiger partial charge in [-0.3, -0.25) is 0 Å². The molecule has 1 aliphatic rings. The molecule has 0 aliphatic heterocycles. The highest BCUT2D eigenvalue weighted by atomic mass is 14.6. The Morgan fingerprint density at radius 2 is 2.42 bits per heavy atom.